The maximum Gasteiger partial charge on any atom is 0.276 e. The standard InChI is InChI=1S/C21H24N4O6S/c1-14(2)10-11-30-18-5-3-4-15(12-18)20(27)22-21(32)24-23-19(26)13-31-17-8-6-16(7-9-17)25(28)29/h3-9,12,14H,10-11,13H2,1-2H3,(H,23,26)(H2,22,24,27,32). The molecule has 0 aliphatic carbocycles. The molecule has 0 spiro atoms. The van der Waals surface area contributed by atoms with Gasteiger partial charge in [-0.1, -0.05) is 19.9 Å². The molecule has 3 N–H and O–H groups in total. The second-order valence-electron chi connectivity index (χ2n) is 7.05. The predicted octanol–water partition coefficient (Wildman–Crippen LogP) is 2.73. The highest BCUT2D eigenvalue weighted by molar-refractivity contribution is 7.80. The molecule has 0 atom stereocenters. The Morgan fingerprint density at radius 3 is 2.44 bits per heavy atom. The number of hydrogen-bond acceptors (Lipinski definition) is 7. The van der Waals surface area contributed by atoms with Crippen LogP contribution >= 0.6 is 12.2 Å². The first-order valence-corrected chi connectivity index (χ1v) is 10.2. The van der Waals surface area contributed by atoms with Crippen molar-refractivity contribution in [3.8, 4) is 11.5 Å². The van der Waals surface area contributed by atoms with E-state index >= 15 is 0 Å². The molecule has 0 saturated carbocycles. The molecule has 170 valence electrons. The van der Waals surface area contributed by atoms with Gasteiger partial charge in [-0.15, -0.1) is 0 Å². The lowest BCUT2D eigenvalue weighted by Crippen LogP contribution is -2.49. The fourth-order valence-electron chi connectivity index (χ4n) is 2.32. The monoisotopic (exact) mass is 460 g/mol. The molecule has 0 unspecified atom stereocenters. The molecule has 0 aliphatic heterocycles. The van der Waals surface area contributed by atoms with Crippen LogP contribution in [0.2, 0.25) is 0 Å². The van der Waals surface area contributed by atoms with E-state index in [1.807, 2.05) is 0 Å². The van der Waals surface area contributed by atoms with Gasteiger partial charge >= 0.3 is 0 Å². The average molecular weight is 461 g/mol. The molecule has 0 fully saturated rings. The average Bonchev–Trinajstić information content (AvgIpc) is 2.76. The van der Waals surface area contributed by atoms with Crippen LogP contribution in [0.4, 0.5) is 5.69 Å². The molecule has 2 aromatic carbocycles. The van der Waals surface area contributed by atoms with Crippen LogP contribution in [0, 0.1) is 16.0 Å². The zero-order valence-corrected chi connectivity index (χ0v) is 18.4. The number of nitrogens with one attached hydrogen (secondary N) is 3. The number of rotatable bonds is 9. The predicted molar refractivity (Wildman–Crippen MR) is 121 cm³/mol. The fraction of sp³-hybridized carbons (Fsp3) is 0.286. The molecule has 0 bridgehead atoms. The van der Waals surface area contributed by atoms with Gasteiger partial charge in [-0.05, 0) is 54.9 Å². The molecular formula is C21H24N4O6S. The summed E-state index contributed by atoms with van der Waals surface area (Å²) in [5.74, 6) is 0.347. The Kier molecular flexibility index (Phi) is 9.36. The first-order chi connectivity index (χ1) is 15.2. The van der Waals surface area contributed by atoms with Crippen molar-refractivity contribution in [2.45, 2.75) is 20.3 Å². The number of thiocarbonyl (C=S) groups is 1. The van der Waals surface area contributed by atoms with Crippen LogP contribution < -0.4 is 25.6 Å². The summed E-state index contributed by atoms with van der Waals surface area (Å²) in [6.45, 7) is 4.39. The first kappa shape index (κ1) is 24.5. The van der Waals surface area contributed by atoms with Gasteiger partial charge in [0.15, 0.2) is 11.7 Å². The lowest BCUT2D eigenvalue weighted by molar-refractivity contribution is -0.384. The number of hydrogen-bond donors (Lipinski definition) is 3. The van der Waals surface area contributed by atoms with E-state index in [1.54, 1.807) is 24.3 Å². The van der Waals surface area contributed by atoms with Crippen molar-refractivity contribution >= 4 is 34.8 Å². The number of nitrogens with zero attached hydrogens (tertiary/aromatic N) is 1. The number of ether oxygens (including phenoxy) is 2. The van der Waals surface area contributed by atoms with Crippen molar-refractivity contribution in [3.63, 3.8) is 0 Å². The molecule has 0 aromatic heterocycles. The molecule has 11 heteroatoms. The second-order valence-corrected chi connectivity index (χ2v) is 7.46. The Bertz CT molecular complexity index is 965. The number of amides is 2. The van der Waals surface area contributed by atoms with Crippen molar-refractivity contribution in [1.29, 1.82) is 0 Å². The van der Waals surface area contributed by atoms with Gasteiger partial charge in [0.2, 0.25) is 0 Å². The van der Waals surface area contributed by atoms with E-state index in [4.69, 9.17) is 21.7 Å². The van der Waals surface area contributed by atoms with Crippen LogP contribution in [0.25, 0.3) is 0 Å². The molecule has 2 amide bonds. The number of carbonyl (C=O) groups is 2. The van der Waals surface area contributed by atoms with Gasteiger partial charge in [0, 0.05) is 17.7 Å². The molecule has 0 aliphatic rings. The van der Waals surface area contributed by atoms with Crippen molar-refractivity contribution < 1.29 is 24.0 Å². The van der Waals surface area contributed by atoms with Gasteiger partial charge in [-0.25, -0.2) is 0 Å². The van der Waals surface area contributed by atoms with Gasteiger partial charge in [-0.2, -0.15) is 0 Å². The highest BCUT2D eigenvalue weighted by Gasteiger charge is 2.11. The second kappa shape index (κ2) is 12.2. The molecule has 2 rings (SSSR count). The van der Waals surface area contributed by atoms with Crippen LogP contribution in [-0.4, -0.2) is 35.1 Å². The maximum atomic E-state index is 12.3. The van der Waals surface area contributed by atoms with Gasteiger partial charge < -0.3 is 9.47 Å². The highest BCUT2D eigenvalue weighted by Crippen LogP contribution is 2.17. The Morgan fingerprint density at radius 1 is 1.06 bits per heavy atom. The summed E-state index contributed by atoms with van der Waals surface area (Å²) in [7, 11) is 0. The Balaban J connectivity index is 1.74. The Morgan fingerprint density at radius 2 is 1.78 bits per heavy atom. The van der Waals surface area contributed by atoms with Gasteiger partial charge in [-0.3, -0.25) is 35.9 Å². The van der Waals surface area contributed by atoms with E-state index in [2.05, 4.69) is 30.0 Å². The third-order valence-corrected chi connectivity index (χ3v) is 4.22. The van der Waals surface area contributed by atoms with Crippen molar-refractivity contribution in [3.05, 3.63) is 64.2 Å². The number of benzene rings is 2. The van der Waals surface area contributed by atoms with E-state index in [-0.39, 0.29) is 23.2 Å². The van der Waals surface area contributed by atoms with Crippen LogP contribution in [0.1, 0.15) is 30.6 Å². The van der Waals surface area contributed by atoms with Gasteiger partial charge in [0.25, 0.3) is 17.5 Å². The van der Waals surface area contributed by atoms with E-state index in [0.717, 1.165) is 6.42 Å². The van der Waals surface area contributed by atoms with E-state index in [9.17, 15) is 19.7 Å². The van der Waals surface area contributed by atoms with Crippen LogP contribution in [0.3, 0.4) is 0 Å². The SMILES string of the molecule is CC(C)CCOc1cccc(C(=O)NC(=S)NNC(=O)COc2ccc([N+](=O)[O-])cc2)c1. The molecule has 2 aromatic rings. The summed E-state index contributed by atoms with van der Waals surface area (Å²) < 4.78 is 10.9. The normalized spacial score (nSPS) is 10.2. The number of nitro benzene ring substituents is 1. The van der Waals surface area contributed by atoms with E-state index in [1.165, 1.54) is 24.3 Å². The number of non-ortho nitro benzene ring substituents is 1. The van der Waals surface area contributed by atoms with E-state index < -0.39 is 16.7 Å². The minimum absolute atomic E-state index is 0.0859. The minimum Gasteiger partial charge on any atom is -0.494 e. The molecule has 0 radical (unpaired) electrons. The third-order valence-electron chi connectivity index (χ3n) is 4.02. The lowest BCUT2D eigenvalue weighted by Gasteiger charge is -2.12. The number of nitro groups is 1. The highest BCUT2D eigenvalue weighted by atomic mass is 32.1. The fourth-order valence-corrected chi connectivity index (χ4v) is 2.47. The summed E-state index contributed by atoms with van der Waals surface area (Å²) in [5, 5.41) is 13.0. The van der Waals surface area contributed by atoms with Gasteiger partial charge in [0.1, 0.15) is 11.5 Å². The molecule has 32 heavy (non-hydrogen) atoms. The van der Waals surface area contributed by atoms with Crippen LogP contribution in [0.5, 0.6) is 11.5 Å². The molecular weight excluding hydrogens is 436 g/mol. The molecule has 0 saturated heterocycles. The smallest absolute Gasteiger partial charge is 0.276 e. The summed E-state index contributed by atoms with van der Waals surface area (Å²) in [4.78, 5) is 34.3. The number of carbonyl (C=O) groups excluding carboxylic acids is 2. The van der Waals surface area contributed by atoms with Gasteiger partial charge in [0.05, 0.1) is 11.5 Å². The van der Waals surface area contributed by atoms with Crippen molar-refractivity contribution in [2.75, 3.05) is 13.2 Å². The quantitative estimate of drug-likeness (QED) is 0.296. The van der Waals surface area contributed by atoms with E-state index in [0.29, 0.717) is 23.8 Å². The molecule has 10 nitrogen and oxygen atoms in total. The largest absolute Gasteiger partial charge is 0.494 e. The topological polar surface area (TPSA) is 132 Å². The zero-order valence-electron chi connectivity index (χ0n) is 17.6. The summed E-state index contributed by atoms with van der Waals surface area (Å²) in [5.41, 5.74) is 4.96. The van der Waals surface area contributed by atoms with Crippen LogP contribution in [0.15, 0.2) is 48.5 Å². The summed E-state index contributed by atoms with van der Waals surface area (Å²) in [6, 6.07) is 12.0. The Labute approximate surface area is 190 Å². The van der Waals surface area contributed by atoms with Crippen molar-refractivity contribution in [1.82, 2.24) is 16.2 Å². The Hall–Kier alpha value is -3.73. The summed E-state index contributed by atoms with van der Waals surface area (Å²) in [6.07, 6.45) is 0.901. The van der Waals surface area contributed by atoms with Crippen LogP contribution in [-0.2, 0) is 4.79 Å². The van der Waals surface area contributed by atoms with Crippen molar-refractivity contribution in [2.24, 2.45) is 5.92 Å². The lowest BCUT2D eigenvalue weighted by atomic mass is 10.1. The molecule has 0 heterocycles. The zero-order chi connectivity index (χ0) is 23.5. The first-order valence-electron chi connectivity index (χ1n) is 9.75. The number of hydrazine groups is 1. The maximum absolute atomic E-state index is 12.3. The third kappa shape index (κ3) is 8.56. The summed E-state index contributed by atoms with van der Waals surface area (Å²) >= 11 is 5.00. The minimum atomic E-state index is -0.569.